The maximum Gasteiger partial charge on any atom is 0.361 e. The number of aromatic nitrogens is 1. The lowest BCUT2D eigenvalue weighted by molar-refractivity contribution is -0.135. The standard InChI is InChI=1S/C39H33NO10/c1-7-9-11-33(41)48-26-14-13-23(18-28(26)44-3)35-36-25-20-31(47-6)32(49-34(42)12-10-8-2)21-27(25)50-39(43)38(36)40-16-15-22-17-29(45-4)30(46-5)19-24(22)37(35)40/h1-2,13-14,17-21H,9-12,15-16H2,3-6H3. The zero-order valence-corrected chi connectivity index (χ0v) is 28.0. The van der Waals surface area contributed by atoms with Gasteiger partial charge in [0.1, 0.15) is 11.1 Å². The van der Waals surface area contributed by atoms with Crippen LogP contribution in [0.3, 0.4) is 0 Å². The molecule has 0 saturated heterocycles. The third-order valence-corrected chi connectivity index (χ3v) is 8.51. The summed E-state index contributed by atoms with van der Waals surface area (Å²) in [5, 5.41) is 1.10. The van der Waals surface area contributed by atoms with Gasteiger partial charge in [0.05, 0.1) is 47.0 Å². The predicted octanol–water partition coefficient (Wildman–Crippen LogP) is 6.31. The molecular formula is C39H33NO10. The lowest BCUT2D eigenvalue weighted by atomic mass is 9.91. The number of benzene rings is 3. The van der Waals surface area contributed by atoms with Crippen LogP contribution < -0.4 is 34.0 Å². The summed E-state index contributed by atoms with van der Waals surface area (Å²) in [4.78, 5) is 38.9. The second kappa shape index (κ2) is 14.0. The van der Waals surface area contributed by atoms with E-state index in [0.29, 0.717) is 57.6 Å². The number of hydrogen-bond donors (Lipinski definition) is 0. The molecule has 11 nitrogen and oxygen atoms in total. The third kappa shape index (κ3) is 5.95. The zero-order valence-electron chi connectivity index (χ0n) is 28.0. The molecule has 0 amide bonds. The first-order chi connectivity index (χ1) is 24.3. The van der Waals surface area contributed by atoms with Crippen LogP contribution in [0.1, 0.15) is 31.2 Å². The molecule has 6 rings (SSSR count). The van der Waals surface area contributed by atoms with E-state index in [-0.39, 0.29) is 48.5 Å². The molecular weight excluding hydrogens is 642 g/mol. The van der Waals surface area contributed by atoms with Crippen LogP contribution in [-0.4, -0.2) is 44.9 Å². The summed E-state index contributed by atoms with van der Waals surface area (Å²) in [5.74, 6) is 5.71. The third-order valence-electron chi connectivity index (χ3n) is 8.51. The van der Waals surface area contributed by atoms with E-state index in [2.05, 4.69) is 11.8 Å². The van der Waals surface area contributed by atoms with Gasteiger partial charge >= 0.3 is 17.6 Å². The fourth-order valence-electron chi connectivity index (χ4n) is 6.27. The minimum atomic E-state index is -0.593. The molecule has 5 aromatic rings. The van der Waals surface area contributed by atoms with Crippen molar-refractivity contribution in [3.8, 4) is 81.6 Å². The summed E-state index contributed by atoms with van der Waals surface area (Å²) in [5.41, 5.74) is 3.77. The highest BCUT2D eigenvalue weighted by molar-refractivity contribution is 6.17. The molecule has 0 bridgehead atoms. The highest BCUT2D eigenvalue weighted by atomic mass is 16.6. The molecule has 50 heavy (non-hydrogen) atoms. The van der Waals surface area contributed by atoms with E-state index in [4.69, 9.17) is 45.7 Å². The Hall–Kier alpha value is -6.33. The van der Waals surface area contributed by atoms with E-state index in [1.807, 2.05) is 16.7 Å². The number of carbonyl (C=O) groups is 2. The predicted molar refractivity (Wildman–Crippen MR) is 186 cm³/mol. The summed E-state index contributed by atoms with van der Waals surface area (Å²) in [6.07, 6.45) is 11.7. The first kappa shape index (κ1) is 33.6. The van der Waals surface area contributed by atoms with Gasteiger partial charge in [-0.3, -0.25) is 9.59 Å². The average Bonchev–Trinajstić information content (AvgIpc) is 3.49. The number of aryl methyl sites for hydroxylation is 2. The quantitative estimate of drug-likeness (QED) is 0.0681. The number of hydrogen-bond acceptors (Lipinski definition) is 10. The second-order valence-corrected chi connectivity index (χ2v) is 11.3. The molecule has 0 aliphatic carbocycles. The second-order valence-electron chi connectivity index (χ2n) is 11.3. The van der Waals surface area contributed by atoms with Crippen LogP contribution in [0, 0.1) is 24.7 Å². The van der Waals surface area contributed by atoms with Gasteiger partial charge in [-0.05, 0) is 47.9 Å². The van der Waals surface area contributed by atoms with E-state index in [1.54, 1.807) is 38.5 Å². The van der Waals surface area contributed by atoms with Crippen LogP contribution in [0.2, 0.25) is 0 Å². The van der Waals surface area contributed by atoms with Crippen molar-refractivity contribution in [2.75, 3.05) is 28.4 Å². The van der Waals surface area contributed by atoms with Crippen LogP contribution >= 0.6 is 0 Å². The summed E-state index contributed by atoms with van der Waals surface area (Å²) in [6.45, 7) is 0.453. The number of esters is 2. The molecule has 0 spiro atoms. The maximum atomic E-state index is 14.0. The number of rotatable bonds is 11. The van der Waals surface area contributed by atoms with Gasteiger partial charge in [0.15, 0.2) is 34.5 Å². The Morgan fingerprint density at radius 3 is 2.02 bits per heavy atom. The number of carbonyl (C=O) groups excluding carboxylic acids is 2. The summed E-state index contributed by atoms with van der Waals surface area (Å²) in [6, 6.07) is 12.1. The molecule has 0 fully saturated rings. The molecule has 3 heterocycles. The fourth-order valence-corrected chi connectivity index (χ4v) is 6.27. The summed E-state index contributed by atoms with van der Waals surface area (Å²) < 4.78 is 41.6. The Labute approximate surface area is 287 Å². The van der Waals surface area contributed by atoms with Crippen LogP contribution in [0.15, 0.2) is 51.7 Å². The van der Waals surface area contributed by atoms with E-state index in [9.17, 15) is 14.4 Å². The highest BCUT2D eigenvalue weighted by Crippen LogP contribution is 2.50. The van der Waals surface area contributed by atoms with Gasteiger partial charge in [-0.15, -0.1) is 24.7 Å². The Morgan fingerprint density at radius 2 is 1.38 bits per heavy atom. The number of ether oxygens (including phenoxy) is 6. The van der Waals surface area contributed by atoms with E-state index in [1.165, 1.54) is 20.3 Å². The first-order valence-electron chi connectivity index (χ1n) is 15.7. The van der Waals surface area contributed by atoms with Crippen molar-refractivity contribution in [1.82, 2.24) is 4.57 Å². The Morgan fingerprint density at radius 1 is 0.780 bits per heavy atom. The van der Waals surface area contributed by atoms with Gasteiger partial charge in [0.2, 0.25) is 0 Å². The molecule has 1 aliphatic rings. The largest absolute Gasteiger partial charge is 0.493 e. The van der Waals surface area contributed by atoms with E-state index < -0.39 is 17.6 Å². The summed E-state index contributed by atoms with van der Waals surface area (Å²) in [7, 11) is 6.06. The fraction of sp³-hybridized carbons (Fsp3) is 0.256. The van der Waals surface area contributed by atoms with Crippen molar-refractivity contribution in [2.45, 2.75) is 38.6 Å². The van der Waals surface area contributed by atoms with Gasteiger partial charge in [0.25, 0.3) is 0 Å². The molecule has 0 saturated carbocycles. The number of terminal acetylenes is 2. The Bertz CT molecular complexity index is 2310. The van der Waals surface area contributed by atoms with Crippen LogP contribution in [0.25, 0.3) is 44.3 Å². The van der Waals surface area contributed by atoms with Crippen LogP contribution in [-0.2, 0) is 22.6 Å². The summed E-state index contributed by atoms with van der Waals surface area (Å²) >= 11 is 0. The van der Waals surface area contributed by atoms with Gasteiger partial charge in [0, 0.05) is 47.4 Å². The van der Waals surface area contributed by atoms with Crippen LogP contribution in [0.4, 0.5) is 0 Å². The van der Waals surface area contributed by atoms with Gasteiger partial charge in [-0.2, -0.15) is 0 Å². The molecule has 1 aliphatic heterocycles. The minimum absolute atomic E-state index is 0.00172. The van der Waals surface area contributed by atoms with Crippen molar-refractivity contribution in [2.24, 2.45) is 0 Å². The topological polar surface area (TPSA) is 125 Å². The lowest BCUT2D eigenvalue weighted by Crippen LogP contribution is -2.15. The van der Waals surface area contributed by atoms with Crippen LogP contribution in [0.5, 0.6) is 34.5 Å². The van der Waals surface area contributed by atoms with E-state index >= 15 is 0 Å². The molecule has 0 unspecified atom stereocenters. The van der Waals surface area contributed by atoms with Gasteiger partial charge < -0.3 is 37.4 Å². The first-order valence-corrected chi connectivity index (χ1v) is 15.7. The van der Waals surface area contributed by atoms with Gasteiger partial charge in [-0.1, -0.05) is 6.07 Å². The lowest BCUT2D eigenvalue weighted by Gasteiger charge is -2.23. The molecule has 3 aromatic carbocycles. The van der Waals surface area contributed by atoms with Crippen molar-refractivity contribution in [3.05, 3.63) is 58.4 Å². The average molecular weight is 676 g/mol. The van der Waals surface area contributed by atoms with Crippen molar-refractivity contribution in [1.29, 1.82) is 0 Å². The Balaban J connectivity index is 1.67. The molecule has 2 aromatic heterocycles. The van der Waals surface area contributed by atoms with E-state index in [0.717, 1.165) is 16.8 Å². The molecule has 254 valence electrons. The zero-order chi connectivity index (χ0) is 35.5. The molecule has 0 radical (unpaired) electrons. The SMILES string of the molecule is C#CCCC(=O)Oc1ccc(-c2c3n(c4c(=O)oc5cc(OC(=O)CCC#C)c(OC)cc5c24)CCc2cc(OC)c(OC)cc2-3)cc1OC. The normalized spacial score (nSPS) is 11.6. The van der Waals surface area contributed by atoms with Crippen molar-refractivity contribution >= 4 is 33.8 Å². The monoisotopic (exact) mass is 675 g/mol. The number of nitrogens with zero attached hydrogens (tertiary/aromatic N) is 1. The Kier molecular flexibility index (Phi) is 9.42. The number of fused-ring (bicyclic) bond motifs is 7. The van der Waals surface area contributed by atoms with Crippen molar-refractivity contribution in [3.63, 3.8) is 0 Å². The van der Waals surface area contributed by atoms with Gasteiger partial charge in [-0.25, -0.2) is 4.79 Å². The smallest absolute Gasteiger partial charge is 0.361 e. The molecule has 0 atom stereocenters. The van der Waals surface area contributed by atoms with Crippen molar-refractivity contribution < 1.29 is 42.4 Å². The molecule has 0 N–H and O–H groups in total. The minimum Gasteiger partial charge on any atom is -0.493 e. The molecule has 11 heteroatoms. The highest BCUT2D eigenvalue weighted by Gasteiger charge is 2.31. The number of methoxy groups -OCH3 is 4. The maximum absolute atomic E-state index is 14.0.